The largest absolute Gasteiger partial charge is 0.417 e. The van der Waals surface area contributed by atoms with E-state index in [0.29, 0.717) is 5.02 Å². The van der Waals surface area contributed by atoms with Crippen molar-refractivity contribution in [2.45, 2.75) is 26.1 Å². The van der Waals surface area contributed by atoms with Crippen LogP contribution in [0.15, 0.2) is 47.6 Å². The summed E-state index contributed by atoms with van der Waals surface area (Å²) in [5.41, 5.74) is 0.0677. The molecule has 0 fully saturated rings. The minimum absolute atomic E-state index is 0.0800. The van der Waals surface area contributed by atoms with Crippen molar-refractivity contribution < 1.29 is 26.4 Å². The van der Waals surface area contributed by atoms with Gasteiger partial charge < -0.3 is 4.84 Å². The summed E-state index contributed by atoms with van der Waals surface area (Å²) in [6, 6.07) is 10.3. The van der Waals surface area contributed by atoms with Crippen LogP contribution in [0.5, 0.6) is 0 Å². The number of halogens is 5. The first-order valence-corrected chi connectivity index (χ1v) is 9.48. The topological polar surface area (TPSA) is 79.6 Å². The lowest BCUT2D eigenvalue weighted by Gasteiger charge is -2.14. The van der Waals surface area contributed by atoms with Gasteiger partial charge in [-0.15, -0.1) is 0 Å². The molecule has 152 valence electrons. The van der Waals surface area contributed by atoms with Gasteiger partial charge in [0.25, 0.3) is 0 Å². The van der Waals surface area contributed by atoms with Crippen LogP contribution in [-0.4, -0.2) is 14.1 Å². The summed E-state index contributed by atoms with van der Waals surface area (Å²) in [4.78, 5) is 5.21. The highest BCUT2D eigenvalue weighted by Crippen LogP contribution is 2.34. The molecule has 0 radical (unpaired) electrons. The van der Waals surface area contributed by atoms with Crippen LogP contribution in [0.1, 0.15) is 30.0 Å². The molecule has 11 heteroatoms. The Morgan fingerprint density at radius 1 is 1.14 bits per heavy atom. The molecule has 0 unspecified atom stereocenters. The Bertz CT molecular complexity index is 943. The van der Waals surface area contributed by atoms with Gasteiger partial charge in [0.05, 0.1) is 11.3 Å². The predicted octanol–water partition coefficient (Wildman–Crippen LogP) is 5.97. The number of hydrogen-bond acceptors (Lipinski definition) is 5. The van der Waals surface area contributed by atoms with E-state index in [1.165, 1.54) is 12.1 Å². The molecule has 0 atom stereocenters. The van der Waals surface area contributed by atoms with Gasteiger partial charge in [0.1, 0.15) is 6.61 Å². The number of oxime groups is 1. The highest BCUT2D eigenvalue weighted by Gasteiger charge is 2.34. The molecule has 0 aliphatic heterocycles. The van der Waals surface area contributed by atoms with E-state index in [1.54, 1.807) is 31.2 Å². The first-order chi connectivity index (χ1) is 13.0. The summed E-state index contributed by atoms with van der Waals surface area (Å²) in [5, 5.41) is 4.62. The molecule has 0 heterocycles. The summed E-state index contributed by atoms with van der Waals surface area (Å²) >= 11 is 11.7. The van der Waals surface area contributed by atoms with Crippen LogP contribution in [0.3, 0.4) is 0 Å². The van der Waals surface area contributed by atoms with Gasteiger partial charge in [-0.2, -0.15) is 26.4 Å². The van der Waals surface area contributed by atoms with Gasteiger partial charge in [0, 0.05) is 15.6 Å². The third-order valence-corrected chi connectivity index (χ3v) is 3.70. The second kappa shape index (κ2) is 11.0. The van der Waals surface area contributed by atoms with Crippen molar-refractivity contribution in [3.63, 3.8) is 0 Å². The Hall–Kier alpha value is -2.10. The highest BCUT2D eigenvalue weighted by molar-refractivity contribution is 7.60. The van der Waals surface area contributed by atoms with Gasteiger partial charge in [-0.3, -0.25) is 0 Å². The van der Waals surface area contributed by atoms with Gasteiger partial charge >= 0.3 is 16.7 Å². The van der Waals surface area contributed by atoms with Gasteiger partial charge in [0.15, 0.2) is 0 Å². The molecule has 0 aliphatic carbocycles. The summed E-state index contributed by atoms with van der Waals surface area (Å²) < 4.78 is 62.3. The van der Waals surface area contributed by atoms with Crippen LogP contribution in [0, 0.1) is 4.78 Å². The molecule has 2 aromatic carbocycles. The maximum atomic E-state index is 13.2. The molecule has 0 bridgehead atoms. The Labute approximate surface area is 171 Å². The third-order valence-electron chi connectivity index (χ3n) is 3.23. The lowest BCUT2D eigenvalue weighted by molar-refractivity contribution is -0.137. The highest BCUT2D eigenvalue weighted by atomic mass is 35.5. The maximum absolute atomic E-state index is 13.2. The van der Waals surface area contributed by atoms with Crippen molar-refractivity contribution in [2.24, 2.45) is 5.16 Å². The lowest BCUT2D eigenvalue weighted by Crippen LogP contribution is -2.13. The van der Waals surface area contributed by atoms with Gasteiger partial charge in [-0.25, -0.2) is 0 Å². The number of nitrogens with zero attached hydrogens (tertiary/aromatic N) is 1. The maximum Gasteiger partial charge on any atom is 0.417 e. The van der Waals surface area contributed by atoms with Crippen molar-refractivity contribution >= 4 is 39.4 Å². The number of rotatable bonds is 5. The summed E-state index contributed by atoms with van der Waals surface area (Å²) in [6.45, 7) is 1.80. The van der Waals surface area contributed by atoms with E-state index in [9.17, 15) is 13.2 Å². The standard InChI is InChI=1S/C17H14Cl2F3NO.HNO2S/c1-2-16(23-24-10-11-4-3-5-12(18)8-11)14-9-13(19)6-7-15(14)17(20,21)22;1-4(2)3/h3-9H,2,10H2,1H3;1H/b23-16+;. The van der Waals surface area contributed by atoms with Gasteiger partial charge in [-0.1, -0.05) is 47.4 Å². The molecule has 2 rings (SSSR count). The average molecular weight is 455 g/mol. The van der Waals surface area contributed by atoms with Crippen molar-refractivity contribution in [3.05, 3.63) is 69.2 Å². The van der Waals surface area contributed by atoms with Crippen molar-refractivity contribution in [1.82, 2.24) is 0 Å². The molecule has 5 nitrogen and oxygen atoms in total. The molecule has 0 spiro atoms. The third kappa shape index (κ3) is 8.28. The predicted molar refractivity (Wildman–Crippen MR) is 101 cm³/mol. The van der Waals surface area contributed by atoms with Crippen LogP contribution in [-0.2, 0) is 28.1 Å². The van der Waals surface area contributed by atoms with E-state index in [0.717, 1.165) is 11.6 Å². The Morgan fingerprint density at radius 2 is 1.75 bits per heavy atom. The zero-order valence-electron chi connectivity index (χ0n) is 14.4. The number of alkyl halides is 3. The molecule has 2 aromatic rings. The Balaban J connectivity index is 0.000000892. The molecular weight excluding hydrogens is 440 g/mol. The van der Waals surface area contributed by atoms with E-state index < -0.39 is 22.2 Å². The first-order valence-electron chi connectivity index (χ1n) is 7.65. The van der Waals surface area contributed by atoms with E-state index in [4.69, 9.17) is 41.2 Å². The summed E-state index contributed by atoms with van der Waals surface area (Å²) in [5.74, 6) is 0. The second-order valence-electron chi connectivity index (χ2n) is 5.22. The molecular formula is C17H15Cl2F3N2O3S. The molecule has 0 saturated carbocycles. The second-order valence-corrected chi connectivity index (χ2v) is 6.56. The molecule has 0 aromatic heterocycles. The Morgan fingerprint density at radius 3 is 2.29 bits per heavy atom. The normalized spacial score (nSPS) is 11.4. The van der Waals surface area contributed by atoms with Gasteiger partial charge in [0.2, 0.25) is 0 Å². The fourth-order valence-electron chi connectivity index (χ4n) is 2.12. The van der Waals surface area contributed by atoms with Crippen molar-refractivity contribution in [3.8, 4) is 0 Å². The fourth-order valence-corrected chi connectivity index (χ4v) is 2.50. The van der Waals surface area contributed by atoms with Crippen molar-refractivity contribution in [1.29, 1.82) is 4.78 Å². The van der Waals surface area contributed by atoms with Gasteiger partial charge in [-0.05, 0) is 42.3 Å². The monoisotopic (exact) mass is 454 g/mol. The molecule has 0 aliphatic rings. The zero-order chi connectivity index (χ0) is 21.3. The van der Waals surface area contributed by atoms with E-state index >= 15 is 0 Å². The van der Waals surface area contributed by atoms with E-state index in [2.05, 4.69) is 5.16 Å². The van der Waals surface area contributed by atoms with Crippen LogP contribution in [0.2, 0.25) is 10.0 Å². The lowest BCUT2D eigenvalue weighted by atomic mass is 10.0. The summed E-state index contributed by atoms with van der Waals surface area (Å²) in [7, 11) is -2.61. The minimum Gasteiger partial charge on any atom is -0.391 e. The molecule has 0 saturated heterocycles. The van der Waals surface area contributed by atoms with Crippen LogP contribution in [0.4, 0.5) is 13.2 Å². The van der Waals surface area contributed by atoms with Crippen LogP contribution < -0.4 is 0 Å². The zero-order valence-corrected chi connectivity index (χ0v) is 16.8. The quantitative estimate of drug-likeness (QED) is 0.446. The van der Waals surface area contributed by atoms with E-state index in [-0.39, 0.29) is 29.3 Å². The van der Waals surface area contributed by atoms with E-state index in [1.807, 2.05) is 0 Å². The molecule has 1 N–H and O–H groups in total. The van der Waals surface area contributed by atoms with Crippen LogP contribution in [0.25, 0.3) is 0 Å². The smallest absolute Gasteiger partial charge is 0.391 e. The fraction of sp³-hybridized carbons (Fsp3) is 0.235. The number of nitrogens with one attached hydrogen (secondary N) is 1. The molecule has 0 amide bonds. The average Bonchev–Trinajstić information content (AvgIpc) is 2.57. The number of benzene rings is 2. The summed E-state index contributed by atoms with van der Waals surface area (Å²) in [6.07, 6.45) is -4.23. The minimum atomic E-state index is -4.50. The number of hydrogen-bond donors (Lipinski definition) is 1. The SMILES string of the molecule is CC/C(=N\OCc1cccc(Cl)c1)c1cc(Cl)ccc1C(F)(F)F.N=S(=O)=O. The first kappa shape index (κ1) is 23.9. The molecule has 28 heavy (non-hydrogen) atoms. The van der Waals surface area contributed by atoms with Crippen molar-refractivity contribution in [2.75, 3.05) is 0 Å². The Kier molecular flexibility index (Phi) is 9.44. The van der Waals surface area contributed by atoms with Crippen LogP contribution >= 0.6 is 23.2 Å².